The number of carboxylic acids is 1. The third kappa shape index (κ3) is 4.28. The maximum absolute atomic E-state index is 12.3. The molecule has 0 aromatic carbocycles. The fourth-order valence-electron chi connectivity index (χ4n) is 2.00. The smallest absolute Gasteiger partial charge is 0.327 e. The second-order valence-corrected chi connectivity index (χ2v) is 6.55. The van der Waals surface area contributed by atoms with Crippen molar-refractivity contribution < 1.29 is 14.7 Å². The quantitative estimate of drug-likeness (QED) is 0.773. The Morgan fingerprint density at radius 3 is 2.65 bits per heavy atom. The van der Waals surface area contributed by atoms with Crippen LogP contribution < -0.4 is 5.32 Å². The van der Waals surface area contributed by atoms with Crippen molar-refractivity contribution in [3.05, 3.63) is 0 Å². The van der Waals surface area contributed by atoms with Crippen molar-refractivity contribution in [3.8, 4) is 0 Å². The van der Waals surface area contributed by atoms with Gasteiger partial charge in [-0.15, -0.1) is 11.8 Å². The van der Waals surface area contributed by atoms with Crippen LogP contribution in [0.2, 0.25) is 0 Å². The summed E-state index contributed by atoms with van der Waals surface area (Å²) in [5, 5.41) is 12.1. The summed E-state index contributed by atoms with van der Waals surface area (Å²) in [5.74, 6) is -0.455. The van der Waals surface area contributed by atoms with E-state index in [4.69, 9.17) is 0 Å². The number of carbonyl (C=O) groups is 2. The van der Waals surface area contributed by atoms with Gasteiger partial charge >= 0.3 is 12.0 Å². The Balaban J connectivity index is 2.66. The van der Waals surface area contributed by atoms with Gasteiger partial charge in [0.2, 0.25) is 0 Å². The number of nitrogens with one attached hydrogen (secondary N) is 1. The largest absolute Gasteiger partial charge is 0.480 e. The summed E-state index contributed by atoms with van der Waals surface area (Å²) in [6, 6.07) is -0.775. The van der Waals surface area contributed by atoms with E-state index >= 15 is 0 Å². The lowest BCUT2D eigenvalue weighted by Crippen LogP contribution is -2.52. The topological polar surface area (TPSA) is 72.9 Å². The first-order chi connectivity index (χ1) is 9.38. The van der Waals surface area contributed by atoms with Gasteiger partial charge in [-0.3, -0.25) is 4.90 Å². The van der Waals surface area contributed by atoms with Crippen molar-refractivity contribution in [2.24, 2.45) is 0 Å². The third-order valence-electron chi connectivity index (χ3n) is 3.58. The summed E-state index contributed by atoms with van der Waals surface area (Å²) in [7, 11) is 3.89. The number of urea groups is 1. The number of thioether (sulfide) groups is 1. The van der Waals surface area contributed by atoms with Crippen LogP contribution in [0.5, 0.6) is 0 Å². The molecule has 6 nitrogen and oxygen atoms in total. The lowest BCUT2D eigenvalue weighted by atomic mass is 10.2. The first-order valence-electron chi connectivity index (χ1n) is 6.95. The Kier molecular flexibility index (Phi) is 6.61. The Morgan fingerprint density at radius 1 is 1.50 bits per heavy atom. The van der Waals surface area contributed by atoms with Crippen LogP contribution in [0.1, 0.15) is 26.7 Å². The minimum absolute atomic E-state index is 0.0317. The van der Waals surface area contributed by atoms with Crippen molar-refractivity contribution in [3.63, 3.8) is 0 Å². The van der Waals surface area contributed by atoms with E-state index in [0.29, 0.717) is 12.3 Å². The molecule has 2 amide bonds. The second-order valence-electron chi connectivity index (χ2n) is 5.34. The van der Waals surface area contributed by atoms with Crippen LogP contribution in [0.3, 0.4) is 0 Å². The molecule has 0 spiro atoms. The van der Waals surface area contributed by atoms with E-state index in [1.165, 1.54) is 4.90 Å². The predicted octanol–water partition coefficient (Wildman–Crippen LogP) is 1.27. The molecule has 1 aliphatic rings. The molecule has 1 heterocycles. The molecular weight excluding hydrogens is 278 g/mol. The van der Waals surface area contributed by atoms with E-state index in [9.17, 15) is 14.7 Å². The van der Waals surface area contributed by atoms with E-state index < -0.39 is 12.0 Å². The van der Waals surface area contributed by atoms with Gasteiger partial charge in [0.05, 0.1) is 5.37 Å². The summed E-state index contributed by atoms with van der Waals surface area (Å²) in [6.07, 6.45) is 1.76. The van der Waals surface area contributed by atoms with Gasteiger partial charge in [-0.25, -0.2) is 9.59 Å². The molecule has 1 aliphatic heterocycles. The van der Waals surface area contributed by atoms with Crippen LogP contribution in [0, 0.1) is 0 Å². The van der Waals surface area contributed by atoms with Gasteiger partial charge in [0, 0.05) is 18.3 Å². The zero-order valence-corrected chi connectivity index (χ0v) is 13.4. The summed E-state index contributed by atoms with van der Waals surface area (Å²) in [4.78, 5) is 27.1. The number of hydrogen-bond donors (Lipinski definition) is 2. The van der Waals surface area contributed by atoms with Crippen LogP contribution in [-0.2, 0) is 4.79 Å². The highest BCUT2D eigenvalue weighted by Gasteiger charge is 2.41. The normalized spacial score (nSPS) is 23.9. The Hall–Kier alpha value is -0.950. The van der Waals surface area contributed by atoms with Gasteiger partial charge in [-0.05, 0) is 27.4 Å². The lowest BCUT2D eigenvalue weighted by Gasteiger charge is -2.28. The van der Waals surface area contributed by atoms with E-state index in [2.05, 4.69) is 5.32 Å². The molecule has 20 heavy (non-hydrogen) atoms. The summed E-state index contributed by atoms with van der Waals surface area (Å²) >= 11 is 1.55. The van der Waals surface area contributed by atoms with Crippen LogP contribution in [0.4, 0.5) is 4.79 Å². The highest BCUT2D eigenvalue weighted by molar-refractivity contribution is 8.00. The highest BCUT2D eigenvalue weighted by Crippen LogP contribution is 2.32. The minimum atomic E-state index is -0.924. The molecule has 1 rings (SSSR count). The van der Waals surface area contributed by atoms with Gasteiger partial charge < -0.3 is 15.3 Å². The Morgan fingerprint density at radius 2 is 2.15 bits per heavy atom. The fraction of sp³-hybridized carbons (Fsp3) is 0.846. The zero-order chi connectivity index (χ0) is 15.3. The first-order valence-corrected chi connectivity index (χ1v) is 8.00. The van der Waals surface area contributed by atoms with Gasteiger partial charge in [0.15, 0.2) is 0 Å². The van der Waals surface area contributed by atoms with Crippen LogP contribution in [-0.4, -0.2) is 70.8 Å². The van der Waals surface area contributed by atoms with Gasteiger partial charge in [0.25, 0.3) is 0 Å². The Bertz CT molecular complexity index is 352. The minimum Gasteiger partial charge on any atom is -0.480 e. The van der Waals surface area contributed by atoms with Crippen molar-refractivity contribution in [2.45, 2.75) is 44.1 Å². The predicted molar refractivity (Wildman–Crippen MR) is 81.0 cm³/mol. The number of aliphatic carboxylic acids is 1. The summed E-state index contributed by atoms with van der Waals surface area (Å²) < 4.78 is 0. The van der Waals surface area contributed by atoms with Crippen LogP contribution in [0.25, 0.3) is 0 Å². The van der Waals surface area contributed by atoms with E-state index in [-0.39, 0.29) is 17.4 Å². The standard InChI is InChI=1S/C13H25N3O3S/c1-5-6-11-16(10(8-20-11)12(17)18)13(19)14-7-9(2)15(3)4/h9-11H,5-8H2,1-4H3,(H,14,19)(H,17,18). The molecule has 7 heteroatoms. The molecule has 3 atom stereocenters. The number of rotatable bonds is 6. The number of nitrogens with zero attached hydrogens (tertiary/aromatic N) is 2. The molecular formula is C13H25N3O3S. The van der Waals surface area contributed by atoms with Gasteiger partial charge in [-0.1, -0.05) is 13.3 Å². The van der Waals surface area contributed by atoms with E-state index in [0.717, 1.165) is 12.8 Å². The monoisotopic (exact) mass is 303 g/mol. The van der Waals surface area contributed by atoms with Crippen LogP contribution >= 0.6 is 11.8 Å². The Labute approximate surface area is 124 Å². The molecule has 0 aromatic heterocycles. The maximum atomic E-state index is 12.3. The number of amides is 2. The molecule has 1 saturated heterocycles. The molecule has 2 N–H and O–H groups in total. The zero-order valence-electron chi connectivity index (χ0n) is 12.6. The summed E-state index contributed by atoms with van der Waals surface area (Å²) in [5.41, 5.74) is 0. The number of likely N-dealkylation sites (N-methyl/N-ethyl adjacent to an activating group) is 1. The average molecular weight is 303 g/mol. The van der Waals surface area contributed by atoms with Crippen molar-refractivity contribution in [1.29, 1.82) is 0 Å². The molecule has 3 unspecified atom stereocenters. The first kappa shape index (κ1) is 17.1. The highest BCUT2D eigenvalue weighted by atomic mass is 32.2. The number of carboxylic acid groups (broad SMARTS) is 1. The molecule has 0 aromatic rings. The molecule has 1 fully saturated rings. The van der Waals surface area contributed by atoms with Crippen LogP contribution in [0.15, 0.2) is 0 Å². The SMILES string of the molecule is CCCC1SCC(C(=O)O)N1C(=O)NCC(C)N(C)C. The molecule has 0 aliphatic carbocycles. The molecule has 0 bridgehead atoms. The van der Waals surface area contributed by atoms with Crippen molar-refractivity contribution in [2.75, 3.05) is 26.4 Å². The number of carbonyl (C=O) groups excluding carboxylic acids is 1. The lowest BCUT2D eigenvalue weighted by molar-refractivity contribution is -0.141. The van der Waals surface area contributed by atoms with Crippen molar-refractivity contribution in [1.82, 2.24) is 15.1 Å². The van der Waals surface area contributed by atoms with Gasteiger partial charge in [0.1, 0.15) is 6.04 Å². The molecule has 0 radical (unpaired) electrons. The van der Waals surface area contributed by atoms with E-state index in [1.807, 2.05) is 32.8 Å². The number of hydrogen-bond acceptors (Lipinski definition) is 4. The fourth-order valence-corrected chi connectivity index (χ4v) is 3.52. The molecule has 0 saturated carbocycles. The second kappa shape index (κ2) is 7.73. The molecule has 116 valence electrons. The maximum Gasteiger partial charge on any atom is 0.327 e. The van der Waals surface area contributed by atoms with Crippen molar-refractivity contribution >= 4 is 23.8 Å². The van der Waals surface area contributed by atoms with Gasteiger partial charge in [-0.2, -0.15) is 0 Å². The summed E-state index contributed by atoms with van der Waals surface area (Å²) in [6.45, 7) is 4.56. The van der Waals surface area contributed by atoms with E-state index in [1.54, 1.807) is 11.8 Å². The third-order valence-corrected chi connectivity index (χ3v) is 4.93. The average Bonchev–Trinajstić information content (AvgIpc) is 2.79.